The van der Waals surface area contributed by atoms with E-state index in [1.807, 2.05) is 59.4 Å². The molecule has 6 nitrogen and oxygen atoms in total. The van der Waals surface area contributed by atoms with Gasteiger partial charge in [0.2, 0.25) is 0 Å². The highest BCUT2D eigenvalue weighted by Crippen LogP contribution is 2.30. The number of rotatable bonds is 0. The molecule has 0 atom stereocenters. The first-order valence-corrected chi connectivity index (χ1v) is 30.6. The Morgan fingerprint density at radius 1 is 0.253 bits per heavy atom. The van der Waals surface area contributed by atoms with Gasteiger partial charge in [-0.1, -0.05) is 282 Å². The van der Waals surface area contributed by atoms with Crippen LogP contribution in [-0.2, 0) is 9.47 Å². The van der Waals surface area contributed by atoms with Crippen LogP contribution in [0.5, 0.6) is 0 Å². The van der Waals surface area contributed by atoms with Crippen molar-refractivity contribution in [3.8, 4) is 0 Å². The molecule has 0 radical (unpaired) electrons. The van der Waals surface area contributed by atoms with Gasteiger partial charge < -0.3 is 9.47 Å². The molecule has 4 aromatic rings. The lowest BCUT2D eigenvalue weighted by atomic mass is 9.84. The maximum Gasteiger partial charge on any atom is 0.154 e. The lowest BCUT2D eigenvalue weighted by molar-refractivity contribution is -0.187. The first-order chi connectivity index (χ1) is 35.7. The second kappa shape index (κ2) is 61.4. The number of aryl methyl sites for hydroxylation is 10. The van der Waals surface area contributed by atoms with Crippen molar-refractivity contribution in [1.82, 2.24) is 19.9 Å². The van der Waals surface area contributed by atoms with Crippen LogP contribution in [0, 0.1) is 136 Å². The molecule has 0 unspecified atom stereocenters. The fourth-order valence-electron chi connectivity index (χ4n) is 9.82. The summed E-state index contributed by atoms with van der Waals surface area (Å²) in [4.78, 5) is 15.9. The SMILES string of the molecule is C.C.C.C.C.C.C.C.C.C.C.CC1CCC(C)CC1.CC1CCC(C)CC1.CC1CCC(C)CC1.CC1CCC(C)CC1.CC1COC(C)OC1.Cc1cc(C)c(C)c(C)c1.Cc1cc(C)c(C)c(C)c1.Cc1cnc(C)nc1.Cc1cnc(C)nc1. The van der Waals surface area contributed by atoms with Crippen LogP contribution in [0.2, 0.25) is 0 Å². The monoisotopic (exact) mass is 1230 g/mol. The predicted molar refractivity (Wildman–Crippen MR) is 406 cm³/mol. The Hall–Kier alpha value is -3.48. The molecule has 1 aliphatic heterocycles. The summed E-state index contributed by atoms with van der Waals surface area (Å²) >= 11 is 0. The zero-order valence-electron chi connectivity index (χ0n) is 53.7. The predicted octanol–water partition coefficient (Wildman–Crippen LogP) is 27.4. The van der Waals surface area contributed by atoms with Gasteiger partial charge in [-0.3, -0.25) is 0 Å². The lowest BCUT2D eigenvalue weighted by Gasteiger charge is -2.24. The van der Waals surface area contributed by atoms with Crippen LogP contribution in [0.1, 0.15) is 321 Å². The van der Waals surface area contributed by atoms with Gasteiger partial charge in [-0.25, -0.2) is 19.9 Å². The van der Waals surface area contributed by atoms with Crippen molar-refractivity contribution < 1.29 is 9.47 Å². The molecular weight excluding hydrogens is 1060 g/mol. The minimum Gasteiger partial charge on any atom is -0.353 e. The van der Waals surface area contributed by atoms with Crippen LogP contribution in [0.25, 0.3) is 0 Å². The second-order valence-electron chi connectivity index (χ2n) is 25.5. The average Bonchev–Trinajstić information content (AvgIpc) is 3.38. The van der Waals surface area contributed by atoms with E-state index in [-0.39, 0.29) is 88.0 Å². The Labute approximate surface area is 552 Å². The van der Waals surface area contributed by atoms with E-state index in [1.165, 1.54) is 147 Å². The molecule has 0 amide bonds. The fourth-order valence-corrected chi connectivity index (χ4v) is 9.82. The van der Waals surface area contributed by atoms with Crippen molar-refractivity contribution in [3.05, 3.63) is 116 Å². The summed E-state index contributed by atoms with van der Waals surface area (Å²) < 4.78 is 10.3. The Morgan fingerprint density at radius 3 is 0.552 bits per heavy atom. The van der Waals surface area contributed by atoms with Gasteiger partial charge >= 0.3 is 0 Å². The van der Waals surface area contributed by atoms with E-state index in [1.54, 1.807) is 0 Å². The third kappa shape index (κ3) is 55.1. The van der Waals surface area contributed by atoms with Crippen LogP contribution in [0.4, 0.5) is 0 Å². The molecule has 1 saturated heterocycles. The highest BCUT2D eigenvalue weighted by atomic mass is 16.7. The molecule has 0 N–H and O–H groups in total. The minimum atomic E-state index is 0. The van der Waals surface area contributed by atoms with E-state index in [2.05, 4.69) is 162 Å². The summed E-state index contributed by atoms with van der Waals surface area (Å²) in [6.07, 6.45) is 30.8. The van der Waals surface area contributed by atoms with Crippen LogP contribution >= 0.6 is 0 Å². The summed E-state index contributed by atoms with van der Waals surface area (Å²) in [5.74, 6) is 10.4. The molecular formula is C81H164N4O2. The fraction of sp³-hybridized carbons (Fsp3) is 0.753. The van der Waals surface area contributed by atoms with Crippen molar-refractivity contribution >= 4 is 0 Å². The molecule has 5 fully saturated rings. The maximum absolute atomic E-state index is 5.17. The van der Waals surface area contributed by atoms with Gasteiger partial charge in [0.1, 0.15) is 11.6 Å². The Bertz CT molecular complexity index is 1690. The standard InChI is InChI=1S/2C10H14.4C8H16.2C6H8N2.C6H12O2.11CH4/c2*1-7-5-8(2)10(4)9(3)6-7;4*1-7-3-5-8(2)6-4-7;3*1-5-3-7-6(2)8-4-5;;;;;;;;;;;/h2*5-6H,1-4H3;4*7-8H,3-6H2,1-2H3;2*3-4H,1-2H3;5-6H,3-4H2,1-2H3;11*1H4. The Morgan fingerprint density at radius 2 is 0.414 bits per heavy atom. The van der Waals surface area contributed by atoms with Crippen molar-refractivity contribution in [2.45, 2.75) is 343 Å². The smallest absolute Gasteiger partial charge is 0.154 e. The summed E-state index contributed by atoms with van der Waals surface area (Å²) in [6.45, 7) is 49.6. The third-order valence-corrected chi connectivity index (χ3v) is 16.4. The molecule has 6 heteroatoms. The van der Waals surface area contributed by atoms with Gasteiger partial charge in [-0.05, 0) is 182 Å². The third-order valence-electron chi connectivity index (χ3n) is 16.4. The van der Waals surface area contributed by atoms with Crippen molar-refractivity contribution in [2.24, 2.45) is 53.3 Å². The first kappa shape index (κ1) is 108. The van der Waals surface area contributed by atoms with E-state index in [9.17, 15) is 0 Å². The molecule has 3 heterocycles. The van der Waals surface area contributed by atoms with Crippen LogP contribution in [0.15, 0.2) is 49.1 Å². The van der Waals surface area contributed by atoms with Crippen molar-refractivity contribution in [2.75, 3.05) is 13.2 Å². The van der Waals surface area contributed by atoms with Crippen molar-refractivity contribution in [3.63, 3.8) is 0 Å². The second-order valence-corrected chi connectivity index (χ2v) is 25.5. The van der Waals surface area contributed by atoms with Crippen LogP contribution in [-0.4, -0.2) is 39.4 Å². The van der Waals surface area contributed by atoms with E-state index in [0.717, 1.165) is 83.3 Å². The number of aromatic nitrogens is 4. The largest absolute Gasteiger partial charge is 0.353 e. The minimum absolute atomic E-state index is 0. The number of hydrogen-bond acceptors (Lipinski definition) is 6. The summed E-state index contributed by atoms with van der Waals surface area (Å²) in [5.41, 5.74) is 13.4. The molecule has 0 spiro atoms. The number of nitrogens with zero attached hydrogens (tertiary/aromatic N) is 4. The topological polar surface area (TPSA) is 70.0 Å². The molecule has 2 aromatic heterocycles. The molecule has 9 rings (SSSR count). The van der Waals surface area contributed by atoms with Gasteiger partial charge in [0.15, 0.2) is 6.29 Å². The highest BCUT2D eigenvalue weighted by molar-refractivity contribution is 5.36. The molecule has 2 aromatic carbocycles. The van der Waals surface area contributed by atoms with Gasteiger partial charge in [-0.15, -0.1) is 0 Å². The number of hydrogen-bond donors (Lipinski definition) is 0. The van der Waals surface area contributed by atoms with Gasteiger partial charge in [0, 0.05) is 30.7 Å². The average molecular weight is 1230 g/mol. The number of benzene rings is 2. The molecule has 87 heavy (non-hydrogen) atoms. The summed E-state index contributed by atoms with van der Waals surface area (Å²) in [6, 6.07) is 8.90. The maximum atomic E-state index is 5.17. The normalized spacial score (nSPS) is 22.3. The zero-order valence-corrected chi connectivity index (χ0v) is 53.7. The first-order valence-electron chi connectivity index (χ1n) is 30.6. The van der Waals surface area contributed by atoms with Gasteiger partial charge in [-0.2, -0.15) is 0 Å². The number of ether oxygens (including phenoxy) is 2. The van der Waals surface area contributed by atoms with Crippen LogP contribution in [0.3, 0.4) is 0 Å². The Balaban J connectivity index is -0.0000000818. The molecule has 520 valence electrons. The van der Waals surface area contributed by atoms with Crippen LogP contribution < -0.4 is 0 Å². The zero-order chi connectivity index (χ0) is 57.3. The van der Waals surface area contributed by atoms with Crippen molar-refractivity contribution in [1.29, 1.82) is 0 Å². The molecule has 0 bridgehead atoms. The lowest BCUT2D eigenvalue weighted by Crippen LogP contribution is -2.27. The molecule has 4 aliphatic carbocycles. The molecule has 5 aliphatic rings. The highest BCUT2D eigenvalue weighted by Gasteiger charge is 2.16. The van der Waals surface area contributed by atoms with E-state index in [0.29, 0.717) is 5.92 Å². The van der Waals surface area contributed by atoms with E-state index < -0.39 is 0 Å². The quantitative estimate of drug-likeness (QED) is 0.175. The van der Waals surface area contributed by atoms with Gasteiger partial charge in [0.25, 0.3) is 0 Å². The van der Waals surface area contributed by atoms with E-state index in [4.69, 9.17) is 9.47 Å². The summed E-state index contributed by atoms with van der Waals surface area (Å²) in [7, 11) is 0. The summed E-state index contributed by atoms with van der Waals surface area (Å²) in [5, 5.41) is 0. The Kier molecular flexibility index (Phi) is 76.3. The van der Waals surface area contributed by atoms with Gasteiger partial charge in [0.05, 0.1) is 13.2 Å². The molecule has 4 saturated carbocycles. The van der Waals surface area contributed by atoms with E-state index >= 15 is 0 Å².